The highest BCUT2D eigenvalue weighted by molar-refractivity contribution is 5.96. The molecule has 0 aromatic heterocycles. The molecule has 0 saturated carbocycles. The van der Waals surface area contributed by atoms with Gasteiger partial charge in [0.25, 0.3) is 0 Å². The third-order valence-electron chi connectivity index (χ3n) is 4.61. The number of anilines is 1. The van der Waals surface area contributed by atoms with Crippen molar-refractivity contribution in [3.05, 3.63) is 66.2 Å². The minimum atomic E-state index is -4.60. The van der Waals surface area contributed by atoms with E-state index in [2.05, 4.69) is 5.32 Å². The molecule has 132 valence electrons. The molecule has 1 N–H and O–H groups in total. The third kappa shape index (κ3) is 3.69. The van der Waals surface area contributed by atoms with Crippen LogP contribution in [0.15, 0.2) is 60.7 Å². The lowest BCUT2D eigenvalue weighted by Crippen LogP contribution is -2.49. The monoisotopic (exact) mass is 348 g/mol. The molecule has 25 heavy (non-hydrogen) atoms. The standard InChI is InChI=1S/C19H19F3N2O/c20-19(21,22)18(17(25)23-16-9-5-2-6-10-16)11-12-24(14-18)13-15-7-3-1-4-8-15/h1-10H,11-14H2,(H,23,25)/t18-/m1/s1. The summed E-state index contributed by atoms with van der Waals surface area (Å²) in [7, 11) is 0. The van der Waals surface area contributed by atoms with Gasteiger partial charge in [0.05, 0.1) is 0 Å². The zero-order valence-electron chi connectivity index (χ0n) is 13.6. The molecule has 1 amide bonds. The van der Waals surface area contributed by atoms with Gasteiger partial charge in [0.15, 0.2) is 5.41 Å². The molecule has 1 aliphatic rings. The van der Waals surface area contributed by atoms with Crippen LogP contribution in [0.3, 0.4) is 0 Å². The maximum Gasteiger partial charge on any atom is 0.404 e. The number of hydrogen-bond donors (Lipinski definition) is 1. The fourth-order valence-corrected chi connectivity index (χ4v) is 3.18. The fourth-order valence-electron chi connectivity index (χ4n) is 3.18. The second-order valence-electron chi connectivity index (χ2n) is 6.35. The van der Waals surface area contributed by atoms with E-state index in [0.29, 0.717) is 12.2 Å². The van der Waals surface area contributed by atoms with Gasteiger partial charge in [0.1, 0.15) is 0 Å². The molecule has 2 aromatic carbocycles. The van der Waals surface area contributed by atoms with Gasteiger partial charge in [-0.2, -0.15) is 13.2 Å². The summed E-state index contributed by atoms with van der Waals surface area (Å²) in [5.41, 5.74) is -1.07. The topological polar surface area (TPSA) is 32.3 Å². The highest BCUT2D eigenvalue weighted by Crippen LogP contribution is 2.46. The molecule has 3 rings (SSSR count). The van der Waals surface area contributed by atoms with Crippen molar-refractivity contribution in [2.75, 3.05) is 18.4 Å². The molecule has 0 bridgehead atoms. The predicted octanol–water partition coefficient (Wildman–Crippen LogP) is 4.08. The zero-order valence-corrected chi connectivity index (χ0v) is 13.6. The first-order chi connectivity index (χ1) is 11.9. The summed E-state index contributed by atoms with van der Waals surface area (Å²) >= 11 is 0. The molecule has 6 heteroatoms. The first-order valence-corrected chi connectivity index (χ1v) is 8.10. The van der Waals surface area contributed by atoms with E-state index in [4.69, 9.17) is 0 Å². The number of likely N-dealkylation sites (tertiary alicyclic amines) is 1. The number of amides is 1. The second-order valence-corrected chi connectivity index (χ2v) is 6.35. The van der Waals surface area contributed by atoms with Crippen LogP contribution in [0.1, 0.15) is 12.0 Å². The van der Waals surface area contributed by atoms with Crippen LogP contribution < -0.4 is 5.32 Å². The maximum absolute atomic E-state index is 13.8. The molecule has 1 fully saturated rings. The summed E-state index contributed by atoms with van der Waals surface area (Å²) in [4.78, 5) is 14.2. The summed E-state index contributed by atoms with van der Waals surface area (Å²) in [5.74, 6) is -0.984. The lowest BCUT2D eigenvalue weighted by atomic mass is 9.85. The van der Waals surface area contributed by atoms with Gasteiger partial charge in [0.2, 0.25) is 5.91 Å². The number of alkyl halides is 3. The molecule has 1 saturated heterocycles. The molecule has 2 aromatic rings. The minimum absolute atomic E-state index is 0.233. The summed E-state index contributed by atoms with van der Waals surface area (Å²) in [6.45, 7) is 0.304. The van der Waals surface area contributed by atoms with Crippen LogP contribution in [-0.4, -0.2) is 30.1 Å². The molecule has 3 nitrogen and oxygen atoms in total. The average molecular weight is 348 g/mol. The van der Waals surface area contributed by atoms with Crippen molar-refractivity contribution in [2.24, 2.45) is 5.41 Å². The smallest absolute Gasteiger partial charge is 0.325 e. The quantitative estimate of drug-likeness (QED) is 0.903. The molecule has 1 heterocycles. The SMILES string of the molecule is O=C(Nc1ccccc1)[C@@]1(C(F)(F)F)CCN(Cc2ccccc2)C1. The Balaban J connectivity index is 1.77. The molecule has 0 spiro atoms. The third-order valence-corrected chi connectivity index (χ3v) is 4.61. The molecule has 0 aliphatic carbocycles. The Morgan fingerprint density at radius 2 is 1.64 bits per heavy atom. The summed E-state index contributed by atoms with van der Waals surface area (Å²) in [5, 5.41) is 2.43. The number of nitrogens with zero attached hydrogens (tertiary/aromatic N) is 1. The lowest BCUT2D eigenvalue weighted by molar-refractivity contribution is -0.215. The van der Waals surface area contributed by atoms with Crippen molar-refractivity contribution in [2.45, 2.75) is 19.1 Å². The van der Waals surface area contributed by atoms with Crippen molar-refractivity contribution in [1.29, 1.82) is 0 Å². The summed E-state index contributed by atoms with van der Waals surface area (Å²) in [6.07, 6.45) is -4.83. The number of halogens is 3. The first-order valence-electron chi connectivity index (χ1n) is 8.10. The molecule has 0 unspecified atom stereocenters. The van der Waals surface area contributed by atoms with Gasteiger partial charge in [-0.15, -0.1) is 0 Å². The Morgan fingerprint density at radius 1 is 1.04 bits per heavy atom. The highest BCUT2D eigenvalue weighted by atomic mass is 19.4. The van der Waals surface area contributed by atoms with Crippen LogP contribution in [0.25, 0.3) is 0 Å². The van der Waals surface area contributed by atoms with Crippen LogP contribution in [0.2, 0.25) is 0 Å². The summed E-state index contributed by atoms with van der Waals surface area (Å²) < 4.78 is 41.4. The number of carbonyl (C=O) groups excluding carboxylic acids is 1. The number of rotatable bonds is 4. The van der Waals surface area contributed by atoms with Crippen LogP contribution >= 0.6 is 0 Å². The Labute approximate surface area is 144 Å². The zero-order chi connectivity index (χ0) is 17.9. The van der Waals surface area contributed by atoms with Crippen LogP contribution in [-0.2, 0) is 11.3 Å². The molecule has 1 atom stereocenters. The number of benzene rings is 2. The summed E-state index contributed by atoms with van der Waals surface area (Å²) in [6, 6.07) is 17.6. The Hall–Kier alpha value is -2.34. The van der Waals surface area contributed by atoms with Gasteiger partial charge in [0, 0.05) is 18.8 Å². The van der Waals surface area contributed by atoms with Crippen molar-refractivity contribution < 1.29 is 18.0 Å². The van der Waals surface area contributed by atoms with Crippen LogP contribution in [0.5, 0.6) is 0 Å². The normalized spacial score (nSPS) is 21.2. The van der Waals surface area contributed by atoms with E-state index >= 15 is 0 Å². The van der Waals surface area contributed by atoms with E-state index in [9.17, 15) is 18.0 Å². The average Bonchev–Trinajstić information content (AvgIpc) is 3.02. The van der Waals surface area contributed by atoms with E-state index in [1.807, 2.05) is 30.3 Å². The molecule has 0 radical (unpaired) electrons. The molecular formula is C19H19F3N2O. The van der Waals surface area contributed by atoms with Crippen molar-refractivity contribution >= 4 is 11.6 Å². The van der Waals surface area contributed by atoms with E-state index in [1.54, 1.807) is 35.2 Å². The van der Waals surface area contributed by atoms with Gasteiger partial charge in [-0.25, -0.2) is 0 Å². The Kier molecular flexibility index (Phi) is 4.81. The van der Waals surface area contributed by atoms with Crippen molar-refractivity contribution in [1.82, 2.24) is 4.90 Å². The minimum Gasteiger partial charge on any atom is -0.325 e. The van der Waals surface area contributed by atoms with Gasteiger partial charge in [-0.1, -0.05) is 48.5 Å². The number of para-hydroxylation sites is 1. The molecular weight excluding hydrogens is 329 g/mol. The van der Waals surface area contributed by atoms with Gasteiger partial charge >= 0.3 is 6.18 Å². The van der Waals surface area contributed by atoms with Gasteiger partial charge < -0.3 is 5.32 Å². The lowest BCUT2D eigenvalue weighted by Gasteiger charge is -2.30. The van der Waals surface area contributed by atoms with Gasteiger partial charge in [-0.05, 0) is 30.7 Å². The van der Waals surface area contributed by atoms with E-state index in [-0.39, 0.29) is 19.5 Å². The second kappa shape index (κ2) is 6.88. The first kappa shape index (κ1) is 17.5. The van der Waals surface area contributed by atoms with E-state index < -0.39 is 17.5 Å². The number of carbonyl (C=O) groups is 1. The van der Waals surface area contributed by atoms with Crippen LogP contribution in [0, 0.1) is 5.41 Å². The van der Waals surface area contributed by atoms with Crippen molar-refractivity contribution in [3.63, 3.8) is 0 Å². The van der Waals surface area contributed by atoms with Crippen LogP contribution in [0.4, 0.5) is 18.9 Å². The highest BCUT2D eigenvalue weighted by Gasteiger charge is 2.62. The Morgan fingerprint density at radius 3 is 2.24 bits per heavy atom. The van der Waals surface area contributed by atoms with Crippen molar-refractivity contribution in [3.8, 4) is 0 Å². The number of nitrogens with one attached hydrogen (secondary N) is 1. The largest absolute Gasteiger partial charge is 0.404 e. The molecule has 1 aliphatic heterocycles. The predicted molar refractivity (Wildman–Crippen MR) is 89.9 cm³/mol. The Bertz CT molecular complexity index is 718. The van der Waals surface area contributed by atoms with E-state index in [0.717, 1.165) is 5.56 Å². The van der Waals surface area contributed by atoms with E-state index in [1.165, 1.54) is 0 Å². The maximum atomic E-state index is 13.8. The fraction of sp³-hybridized carbons (Fsp3) is 0.316. The number of hydrogen-bond acceptors (Lipinski definition) is 2. The van der Waals surface area contributed by atoms with Gasteiger partial charge in [-0.3, -0.25) is 9.69 Å².